The number of hydrogen-bond donors (Lipinski definition) is 0. The number of aromatic nitrogens is 2. The third-order valence-corrected chi connectivity index (χ3v) is 5.94. The van der Waals surface area contributed by atoms with Crippen LogP contribution in [0.25, 0.3) is 16.6 Å². The molecule has 3 rings (SSSR count). The maximum Gasteiger partial charge on any atom is 0.342 e. The lowest BCUT2D eigenvalue weighted by Gasteiger charge is -2.29. The third-order valence-electron chi connectivity index (χ3n) is 5.94. The molecule has 1 saturated heterocycles. The highest BCUT2D eigenvalue weighted by molar-refractivity contribution is 6.18. The number of morpholine rings is 1. The van der Waals surface area contributed by atoms with E-state index in [1.165, 1.54) is 11.0 Å². The predicted octanol–water partition coefficient (Wildman–Crippen LogP) is 5.95. The quantitative estimate of drug-likeness (QED) is 0.116. The standard InChI is InChI=1S/C24H31N3O5.C4H10O.C3H8/c1-6-19(17(5)31-7-2)21(24(29)32-8-3)23-25-22-16(4)13-18(14-20(22)27(23)15-28)26-9-11-30-12-10-26;1-4(2)5-3;1-3-2/h13-15H,5-12H2,1-4H3;4H,1-3H3;3H2,1-2H3/b21-19-;;. The van der Waals surface area contributed by atoms with Gasteiger partial charge in [-0.3, -0.25) is 9.36 Å². The molecule has 9 nitrogen and oxygen atoms in total. The van der Waals surface area contributed by atoms with Crippen LogP contribution in [-0.2, 0) is 28.5 Å². The van der Waals surface area contributed by atoms with E-state index in [0.29, 0.717) is 61.1 Å². The highest BCUT2D eigenvalue weighted by Crippen LogP contribution is 2.32. The number of allylic oxidation sites excluding steroid dienone is 1. The van der Waals surface area contributed by atoms with Gasteiger partial charge in [0.05, 0.1) is 43.6 Å². The molecule has 2 heterocycles. The molecular weight excluding hydrogens is 510 g/mol. The number of anilines is 1. The highest BCUT2D eigenvalue weighted by Gasteiger charge is 2.27. The molecule has 0 unspecified atom stereocenters. The second-order valence-electron chi connectivity index (χ2n) is 9.42. The SMILES string of the molecule is C=C(OCC)/C(CC)=C(\C(=O)OCC)c1nc2c(C)cc(N3CCOCC3)cc2n1C=O.CCC.COC(C)C. The van der Waals surface area contributed by atoms with Gasteiger partial charge in [-0.1, -0.05) is 33.8 Å². The fraction of sp³-hybridized carbons (Fsp3) is 0.581. The van der Waals surface area contributed by atoms with Crippen molar-refractivity contribution in [2.75, 3.05) is 51.5 Å². The highest BCUT2D eigenvalue weighted by atomic mass is 16.5. The molecule has 0 bridgehead atoms. The van der Waals surface area contributed by atoms with Crippen LogP contribution in [0, 0.1) is 6.92 Å². The molecule has 224 valence electrons. The largest absolute Gasteiger partial charge is 0.494 e. The number of fused-ring (bicyclic) bond motifs is 1. The molecule has 0 atom stereocenters. The smallest absolute Gasteiger partial charge is 0.342 e. The van der Waals surface area contributed by atoms with Crippen molar-refractivity contribution in [2.45, 2.75) is 74.3 Å². The zero-order valence-corrected chi connectivity index (χ0v) is 26.0. The van der Waals surface area contributed by atoms with Crippen molar-refractivity contribution in [1.82, 2.24) is 9.55 Å². The first-order valence-electron chi connectivity index (χ1n) is 14.2. The van der Waals surface area contributed by atoms with Gasteiger partial charge in [0.1, 0.15) is 11.3 Å². The lowest BCUT2D eigenvalue weighted by molar-refractivity contribution is -0.136. The second-order valence-corrected chi connectivity index (χ2v) is 9.42. The van der Waals surface area contributed by atoms with Crippen LogP contribution in [0.15, 0.2) is 30.0 Å². The van der Waals surface area contributed by atoms with E-state index >= 15 is 0 Å². The van der Waals surface area contributed by atoms with Crippen molar-refractivity contribution in [3.63, 3.8) is 0 Å². The summed E-state index contributed by atoms with van der Waals surface area (Å²) in [5.74, 6) is 0.0383. The fourth-order valence-corrected chi connectivity index (χ4v) is 3.96. The Morgan fingerprint density at radius 3 is 2.15 bits per heavy atom. The number of aryl methyl sites for hydroxylation is 1. The fourth-order valence-electron chi connectivity index (χ4n) is 3.96. The normalized spacial score (nSPS) is 13.5. The molecule has 0 radical (unpaired) electrons. The number of carbonyl (C=O) groups excluding carboxylic acids is 2. The number of hydrogen-bond acceptors (Lipinski definition) is 8. The van der Waals surface area contributed by atoms with Gasteiger partial charge in [0, 0.05) is 31.5 Å². The lowest BCUT2D eigenvalue weighted by Crippen LogP contribution is -2.36. The Morgan fingerprint density at radius 1 is 1.10 bits per heavy atom. The van der Waals surface area contributed by atoms with Crippen molar-refractivity contribution in [1.29, 1.82) is 0 Å². The van der Waals surface area contributed by atoms with Crippen LogP contribution in [0.3, 0.4) is 0 Å². The summed E-state index contributed by atoms with van der Waals surface area (Å²) in [6.45, 7) is 23.1. The summed E-state index contributed by atoms with van der Waals surface area (Å²) in [4.78, 5) is 32.2. The molecule has 9 heteroatoms. The first kappa shape index (κ1) is 34.9. The summed E-state index contributed by atoms with van der Waals surface area (Å²) in [6.07, 6.45) is 2.78. The van der Waals surface area contributed by atoms with E-state index in [2.05, 4.69) is 25.3 Å². The summed E-state index contributed by atoms with van der Waals surface area (Å²) in [5, 5.41) is 0. The maximum absolute atomic E-state index is 13.0. The van der Waals surface area contributed by atoms with E-state index in [-0.39, 0.29) is 18.0 Å². The maximum atomic E-state index is 13.0. The number of methoxy groups -OCH3 is 1. The topological polar surface area (TPSA) is 92.1 Å². The van der Waals surface area contributed by atoms with Gasteiger partial charge in [-0.2, -0.15) is 0 Å². The molecule has 1 aromatic carbocycles. The molecule has 0 N–H and O–H groups in total. The van der Waals surface area contributed by atoms with Crippen molar-refractivity contribution in [2.24, 2.45) is 0 Å². The van der Waals surface area contributed by atoms with Crippen LogP contribution in [0.2, 0.25) is 0 Å². The van der Waals surface area contributed by atoms with Gasteiger partial charge in [0.2, 0.25) is 6.41 Å². The van der Waals surface area contributed by atoms with E-state index in [1.54, 1.807) is 14.0 Å². The van der Waals surface area contributed by atoms with Crippen molar-refractivity contribution >= 4 is 34.7 Å². The zero-order valence-electron chi connectivity index (χ0n) is 26.0. The summed E-state index contributed by atoms with van der Waals surface area (Å²) < 4.78 is 22.5. The van der Waals surface area contributed by atoms with Gasteiger partial charge < -0.3 is 23.8 Å². The van der Waals surface area contributed by atoms with Crippen molar-refractivity contribution < 1.29 is 28.5 Å². The molecule has 1 fully saturated rings. The minimum absolute atomic E-state index is 0.196. The van der Waals surface area contributed by atoms with Gasteiger partial charge in [0.15, 0.2) is 5.82 Å². The molecule has 0 saturated carbocycles. The number of rotatable bonds is 10. The molecular formula is C31H49N3O6. The second kappa shape index (κ2) is 18.2. The van der Waals surface area contributed by atoms with E-state index in [9.17, 15) is 9.59 Å². The van der Waals surface area contributed by atoms with Crippen LogP contribution in [0.1, 0.15) is 72.7 Å². The molecule has 0 aliphatic carbocycles. The number of benzene rings is 1. The van der Waals surface area contributed by atoms with Crippen molar-refractivity contribution in [3.05, 3.63) is 41.4 Å². The number of nitrogens with zero attached hydrogens (tertiary/aromatic N) is 3. The molecule has 1 aliphatic rings. The van der Waals surface area contributed by atoms with Gasteiger partial charge in [-0.15, -0.1) is 0 Å². The van der Waals surface area contributed by atoms with E-state index in [0.717, 1.165) is 24.3 Å². The van der Waals surface area contributed by atoms with E-state index in [4.69, 9.17) is 23.9 Å². The average Bonchev–Trinajstić information content (AvgIpc) is 3.31. The van der Waals surface area contributed by atoms with Crippen LogP contribution < -0.4 is 4.90 Å². The Morgan fingerprint density at radius 2 is 1.68 bits per heavy atom. The monoisotopic (exact) mass is 559 g/mol. The Labute approximate surface area is 240 Å². The molecule has 1 aromatic heterocycles. The van der Waals surface area contributed by atoms with Crippen LogP contribution >= 0.6 is 0 Å². The van der Waals surface area contributed by atoms with E-state index < -0.39 is 5.97 Å². The minimum atomic E-state index is -0.560. The number of esters is 1. The molecule has 2 aromatic rings. The summed E-state index contributed by atoms with van der Waals surface area (Å²) in [5.41, 5.74) is 3.96. The zero-order chi connectivity index (χ0) is 30.2. The van der Waals surface area contributed by atoms with Crippen molar-refractivity contribution in [3.8, 4) is 0 Å². The van der Waals surface area contributed by atoms with Gasteiger partial charge in [0.25, 0.3) is 0 Å². The average molecular weight is 560 g/mol. The van der Waals surface area contributed by atoms with Gasteiger partial charge in [-0.05, 0) is 58.7 Å². The Balaban J connectivity index is 0.000000884. The first-order chi connectivity index (χ1) is 19.1. The Bertz CT molecular complexity index is 1130. The molecule has 1 aliphatic heterocycles. The molecule has 40 heavy (non-hydrogen) atoms. The molecule has 0 spiro atoms. The number of carbonyl (C=O) groups is 2. The summed E-state index contributed by atoms with van der Waals surface area (Å²) >= 11 is 0. The van der Waals surface area contributed by atoms with Gasteiger partial charge in [-0.25, -0.2) is 9.78 Å². The Kier molecular flexibility index (Phi) is 15.9. The summed E-state index contributed by atoms with van der Waals surface area (Å²) in [6, 6.07) is 3.98. The predicted molar refractivity (Wildman–Crippen MR) is 162 cm³/mol. The van der Waals surface area contributed by atoms with Crippen LogP contribution in [-0.4, -0.2) is 74.7 Å². The van der Waals surface area contributed by atoms with E-state index in [1.807, 2.05) is 46.8 Å². The summed E-state index contributed by atoms with van der Waals surface area (Å²) in [7, 11) is 1.70. The Hall–Kier alpha value is -3.17. The van der Waals surface area contributed by atoms with Gasteiger partial charge >= 0.3 is 5.97 Å². The number of imidazole rings is 1. The first-order valence-corrected chi connectivity index (χ1v) is 14.2. The third kappa shape index (κ3) is 9.48. The van der Waals surface area contributed by atoms with Crippen LogP contribution in [0.5, 0.6) is 0 Å². The lowest BCUT2D eigenvalue weighted by atomic mass is 10.0. The minimum Gasteiger partial charge on any atom is -0.494 e. The molecule has 0 amide bonds. The number of ether oxygens (including phenoxy) is 4. The van der Waals surface area contributed by atoms with Crippen LogP contribution in [0.4, 0.5) is 5.69 Å².